The van der Waals surface area contributed by atoms with Crippen LogP contribution in [0.5, 0.6) is 0 Å². The molecule has 0 saturated heterocycles. The maximum Gasteiger partial charge on any atom is 0.346 e. The number of hydrogen-bond donors (Lipinski definition) is 1. The number of hydrogen-bond acceptors (Lipinski definition) is 5. The zero-order valence-electron chi connectivity index (χ0n) is 17.3. The van der Waals surface area contributed by atoms with Crippen molar-refractivity contribution in [3.8, 4) is 0 Å². The first kappa shape index (κ1) is 20.6. The fourth-order valence-electron chi connectivity index (χ4n) is 3.09. The second-order valence-electron chi connectivity index (χ2n) is 7.82. The molecule has 0 fully saturated rings. The van der Waals surface area contributed by atoms with Crippen LogP contribution in [-0.2, 0) is 14.3 Å². The second-order valence-corrected chi connectivity index (χ2v) is 7.82. The first-order valence-electron chi connectivity index (χ1n) is 9.77. The lowest BCUT2D eigenvalue weighted by molar-refractivity contribution is -0.343. The highest BCUT2D eigenvalue weighted by molar-refractivity contribution is 6.11. The highest BCUT2D eigenvalue weighted by atomic mass is 16.5. The third kappa shape index (κ3) is 4.47. The number of pyridine rings is 1. The van der Waals surface area contributed by atoms with E-state index in [9.17, 15) is 9.59 Å². The molecule has 0 radical (unpaired) electrons. The predicted octanol–water partition coefficient (Wildman–Crippen LogP) is 3.99. The van der Waals surface area contributed by atoms with Crippen molar-refractivity contribution in [1.29, 1.82) is 0 Å². The number of aromatic amines is 1. The Balaban J connectivity index is 1.95. The number of nitrogens with one attached hydrogen (secondary N) is 2. The van der Waals surface area contributed by atoms with Crippen molar-refractivity contribution >= 4 is 39.3 Å². The Morgan fingerprint density at radius 3 is 2.52 bits per heavy atom. The van der Waals surface area contributed by atoms with Crippen LogP contribution >= 0.6 is 0 Å². The van der Waals surface area contributed by atoms with E-state index < -0.39 is 11.4 Å². The molecule has 6 heteroatoms. The summed E-state index contributed by atoms with van der Waals surface area (Å²) in [5, 5.41) is 6.30. The number of benzene rings is 2. The minimum absolute atomic E-state index is 0.200. The van der Waals surface area contributed by atoms with Gasteiger partial charge in [0.15, 0.2) is 6.20 Å². The zero-order valence-corrected chi connectivity index (χ0v) is 17.3. The summed E-state index contributed by atoms with van der Waals surface area (Å²) >= 11 is 0. The Bertz CT molecular complexity index is 1050. The van der Waals surface area contributed by atoms with Gasteiger partial charge in [-0.05, 0) is 45.2 Å². The Kier molecular flexibility index (Phi) is 6.01. The van der Waals surface area contributed by atoms with Crippen molar-refractivity contribution in [2.45, 2.75) is 27.7 Å². The summed E-state index contributed by atoms with van der Waals surface area (Å²) in [6.07, 6.45) is 1.66. The lowest BCUT2D eigenvalue weighted by Gasteiger charge is -2.17. The fraction of sp³-hybridized carbons (Fsp3) is 0.348. The number of carbonyl (C=O) groups excluding carboxylic acids is 2. The molecule has 0 aliphatic rings. The second kappa shape index (κ2) is 8.47. The average Bonchev–Trinajstić information content (AvgIpc) is 2.70. The quantitative estimate of drug-likeness (QED) is 0.388. The van der Waals surface area contributed by atoms with Crippen LogP contribution in [0.25, 0.3) is 21.7 Å². The van der Waals surface area contributed by atoms with Gasteiger partial charge in [-0.1, -0.05) is 24.3 Å². The number of aromatic nitrogens is 1. The minimum Gasteiger partial charge on any atom is -0.463 e. The molecule has 0 unspecified atom stereocenters. The maximum absolute atomic E-state index is 12.5. The van der Waals surface area contributed by atoms with Gasteiger partial charge in [-0.3, -0.25) is 4.79 Å². The van der Waals surface area contributed by atoms with E-state index in [4.69, 9.17) is 9.47 Å². The first-order valence-corrected chi connectivity index (χ1v) is 9.77. The molecule has 3 aromatic rings. The SMILES string of the molecule is CCOC(=O)c1c[nH+]c2c(ccc3ccccc32)c1NCCOC(=O)C(C)(C)C. The van der Waals surface area contributed by atoms with Crippen molar-refractivity contribution < 1.29 is 24.0 Å². The summed E-state index contributed by atoms with van der Waals surface area (Å²) in [6, 6.07) is 12.0. The number of rotatable bonds is 6. The largest absolute Gasteiger partial charge is 0.463 e. The van der Waals surface area contributed by atoms with Crippen LogP contribution in [0.4, 0.5) is 5.69 Å². The number of esters is 2. The van der Waals surface area contributed by atoms with E-state index in [-0.39, 0.29) is 19.2 Å². The van der Waals surface area contributed by atoms with Gasteiger partial charge >= 0.3 is 11.9 Å². The summed E-state index contributed by atoms with van der Waals surface area (Å²) < 4.78 is 10.5. The average molecular weight is 395 g/mol. The van der Waals surface area contributed by atoms with E-state index in [0.29, 0.717) is 17.8 Å². The van der Waals surface area contributed by atoms with E-state index in [2.05, 4.69) is 10.3 Å². The van der Waals surface area contributed by atoms with E-state index in [0.717, 1.165) is 21.7 Å². The van der Waals surface area contributed by atoms with Gasteiger partial charge in [0, 0.05) is 6.54 Å². The predicted molar refractivity (Wildman–Crippen MR) is 113 cm³/mol. The minimum atomic E-state index is -0.552. The van der Waals surface area contributed by atoms with Crippen LogP contribution in [0, 0.1) is 5.41 Å². The van der Waals surface area contributed by atoms with E-state index >= 15 is 0 Å². The first-order chi connectivity index (χ1) is 13.8. The fourth-order valence-corrected chi connectivity index (χ4v) is 3.09. The van der Waals surface area contributed by atoms with Gasteiger partial charge in [-0.2, -0.15) is 0 Å². The van der Waals surface area contributed by atoms with Crippen molar-refractivity contribution in [1.82, 2.24) is 0 Å². The molecular formula is C23H27N2O4+. The van der Waals surface area contributed by atoms with Crippen LogP contribution in [0.15, 0.2) is 42.6 Å². The molecule has 1 heterocycles. The Morgan fingerprint density at radius 1 is 1.03 bits per heavy atom. The molecule has 0 atom stereocenters. The molecule has 0 saturated carbocycles. The van der Waals surface area contributed by atoms with Crippen LogP contribution in [0.3, 0.4) is 0 Å². The van der Waals surface area contributed by atoms with Gasteiger partial charge in [0.05, 0.1) is 28.5 Å². The maximum atomic E-state index is 12.5. The van der Waals surface area contributed by atoms with Crippen LogP contribution in [0.1, 0.15) is 38.1 Å². The molecule has 0 bridgehead atoms. The Labute approximate surface area is 170 Å². The molecule has 0 aliphatic carbocycles. The summed E-state index contributed by atoms with van der Waals surface area (Å²) in [5.41, 5.74) is 1.44. The number of carbonyl (C=O) groups is 2. The lowest BCUT2D eigenvalue weighted by atomic mass is 9.97. The highest BCUT2D eigenvalue weighted by Crippen LogP contribution is 2.30. The number of fused-ring (bicyclic) bond motifs is 3. The Hall–Kier alpha value is -3.15. The van der Waals surface area contributed by atoms with Crippen molar-refractivity contribution in [3.63, 3.8) is 0 Å². The van der Waals surface area contributed by atoms with E-state index in [1.807, 2.05) is 57.2 Å². The van der Waals surface area contributed by atoms with Gasteiger partial charge in [-0.15, -0.1) is 0 Å². The van der Waals surface area contributed by atoms with E-state index in [1.54, 1.807) is 13.1 Å². The number of anilines is 1. The van der Waals surface area contributed by atoms with Crippen molar-refractivity contribution in [2.75, 3.05) is 25.1 Å². The molecule has 3 rings (SSSR count). The smallest absolute Gasteiger partial charge is 0.346 e. The topological polar surface area (TPSA) is 78.8 Å². The zero-order chi connectivity index (χ0) is 21.0. The molecule has 152 valence electrons. The van der Waals surface area contributed by atoms with Crippen molar-refractivity contribution in [2.24, 2.45) is 5.41 Å². The molecule has 29 heavy (non-hydrogen) atoms. The molecule has 1 aromatic heterocycles. The van der Waals surface area contributed by atoms with Gasteiger partial charge in [0.1, 0.15) is 12.2 Å². The van der Waals surface area contributed by atoms with Crippen LogP contribution < -0.4 is 10.3 Å². The van der Waals surface area contributed by atoms with Crippen molar-refractivity contribution in [3.05, 3.63) is 48.2 Å². The number of H-pyrrole nitrogens is 1. The monoisotopic (exact) mass is 395 g/mol. The summed E-state index contributed by atoms with van der Waals surface area (Å²) in [6.45, 7) is 8.08. The lowest BCUT2D eigenvalue weighted by Crippen LogP contribution is -2.25. The van der Waals surface area contributed by atoms with Gasteiger partial charge in [-0.25, -0.2) is 9.78 Å². The highest BCUT2D eigenvalue weighted by Gasteiger charge is 2.24. The molecule has 0 aliphatic heterocycles. The Morgan fingerprint density at radius 2 is 1.79 bits per heavy atom. The van der Waals surface area contributed by atoms with Gasteiger partial charge in [0.25, 0.3) is 0 Å². The van der Waals surface area contributed by atoms with Gasteiger partial charge in [0.2, 0.25) is 5.52 Å². The molecule has 0 spiro atoms. The summed E-state index contributed by atoms with van der Waals surface area (Å²) in [5.74, 6) is -0.671. The summed E-state index contributed by atoms with van der Waals surface area (Å²) in [7, 11) is 0. The van der Waals surface area contributed by atoms with Gasteiger partial charge < -0.3 is 14.8 Å². The summed E-state index contributed by atoms with van der Waals surface area (Å²) in [4.78, 5) is 27.7. The van der Waals surface area contributed by atoms with E-state index in [1.165, 1.54) is 0 Å². The van der Waals surface area contributed by atoms with Crippen LogP contribution in [-0.4, -0.2) is 31.7 Å². The number of ether oxygens (including phenoxy) is 2. The molecular weight excluding hydrogens is 368 g/mol. The normalized spacial score (nSPS) is 11.4. The molecule has 2 N–H and O–H groups in total. The standard InChI is InChI=1S/C23H26N2O4/c1-5-28-21(26)18-14-25-19-16-9-7-6-8-15(16)10-11-17(19)20(18)24-12-13-29-22(27)23(2,3)4/h6-11,14H,5,12-13H2,1-4H3,(H,24,25)/p+1. The third-order valence-corrected chi connectivity index (χ3v) is 4.57. The molecule has 2 aromatic carbocycles. The molecule has 6 nitrogen and oxygen atoms in total. The third-order valence-electron chi connectivity index (χ3n) is 4.57. The van der Waals surface area contributed by atoms with Crippen LogP contribution in [0.2, 0.25) is 0 Å². The molecule has 0 amide bonds.